The van der Waals surface area contributed by atoms with Crippen molar-refractivity contribution in [3.8, 4) is 0 Å². The van der Waals surface area contributed by atoms with Crippen molar-refractivity contribution in [1.82, 2.24) is 13.9 Å². The molecule has 0 aliphatic rings. The van der Waals surface area contributed by atoms with Crippen LogP contribution in [0.2, 0.25) is 0 Å². The highest BCUT2D eigenvalue weighted by Crippen LogP contribution is 2.12. The van der Waals surface area contributed by atoms with Gasteiger partial charge >= 0.3 is 0 Å². The lowest BCUT2D eigenvalue weighted by atomic mass is 10.4. The second-order valence-electron chi connectivity index (χ2n) is 3.15. The van der Waals surface area contributed by atoms with E-state index in [2.05, 4.69) is 9.97 Å². The number of aromatic nitrogens is 3. The van der Waals surface area contributed by atoms with Gasteiger partial charge in [-0.05, 0) is 6.07 Å². The zero-order valence-corrected chi connectivity index (χ0v) is 8.90. The van der Waals surface area contributed by atoms with Gasteiger partial charge in [-0.2, -0.15) is 0 Å². The van der Waals surface area contributed by atoms with Crippen molar-refractivity contribution in [3.63, 3.8) is 0 Å². The number of rotatable bonds is 2. The van der Waals surface area contributed by atoms with Gasteiger partial charge in [0.2, 0.25) is 10.0 Å². The van der Waals surface area contributed by atoms with Crippen molar-refractivity contribution in [2.75, 3.05) is 6.26 Å². The van der Waals surface area contributed by atoms with Gasteiger partial charge in [0, 0.05) is 12.7 Å². The summed E-state index contributed by atoms with van der Waals surface area (Å²) in [7, 11) is -3.32. The smallest absolute Gasteiger partial charge is 0.237 e. The van der Waals surface area contributed by atoms with Gasteiger partial charge in [0.25, 0.3) is 0 Å². The number of hydrogen-bond acceptors (Lipinski definition) is 5. The van der Waals surface area contributed by atoms with E-state index in [1.807, 2.05) is 0 Å². The van der Waals surface area contributed by atoms with E-state index in [4.69, 9.17) is 5.73 Å². The highest BCUT2D eigenvalue weighted by atomic mass is 32.2. The van der Waals surface area contributed by atoms with Crippen LogP contribution in [0.4, 0.5) is 0 Å². The minimum absolute atomic E-state index is 0.285. The lowest BCUT2D eigenvalue weighted by molar-refractivity contribution is 0.595. The van der Waals surface area contributed by atoms with Gasteiger partial charge in [-0.3, -0.25) is 0 Å². The zero-order valence-electron chi connectivity index (χ0n) is 8.08. The number of nitrogens with zero attached hydrogens (tertiary/aromatic N) is 3. The van der Waals surface area contributed by atoms with Gasteiger partial charge in [0.05, 0.1) is 18.1 Å². The molecule has 0 aliphatic carbocycles. The molecule has 2 aromatic heterocycles. The van der Waals surface area contributed by atoms with Crippen LogP contribution in [-0.2, 0) is 16.6 Å². The molecular weight excluding hydrogens is 216 g/mol. The first-order chi connectivity index (χ1) is 7.02. The zero-order chi connectivity index (χ0) is 11.1. The highest BCUT2D eigenvalue weighted by molar-refractivity contribution is 7.89. The molecule has 2 aromatic rings. The van der Waals surface area contributed by atoms with Crippen LogP contribution in [0, 0.1) is 0 Å². The average molecular weight is 226 g/mol. The summed E-state index contributed by atoms with van der Waals surface area (Å²) in [6, 6.07) is 1.60. The first-order valence-electron chi connectivity index (χ1n) is 4.26. The molecular formula is C8H10N4O2S. The fraction of sp³-hybridized carbons (Fsp3) is 0.250. The van der Waals surface area contributed by atoms with Gasteiger partial charge in [-0.1, -0.05) is 0 Å². The molecule has 2 N–H and O–H groups in total. The second kappa shape index (κ2) is 3.28. The molecule has 0 unspecified atom stereocenters. The summed E-state index contributed by atoms with van der Waals surface area (Å²) < 4.78 is 23.8. The van der Waals surface area contributed by atoms with Crippen LogP contribution in [0.3, 0.4) is 0 Å². The Bertz CT molecular complexity index is 602. The third-order valence-corrected chi connectivity index (χ3v) is 2.98. The Kier molecular flexibility index (Phi) is 2.20. The molecule has 15 heavy (non-hydrogen) atoms. The minimum Gasteiger partial charge on any atom is -0.325 e. The fourth-order valence-corrected chi connectivity index (χ4v) is 2.03. The Labute approximate surface area is 86.8 Å². The lowest BCUT2D eigenvalue weighted by Crippen LogP contribution is -2.09. The Morgan fingerprint density at radius 3 is 2.87 bits per heavy atom. The normalized spacial score (nSPS) is 12.1. The van der Waals surface area contributed by atoms with E-state index in [-0.39, 0.29) is 6.54 Å². The highest BCUT2D eigenvalue weighted by Gasteiger charge is 2.11. The minimum atomic E-state index is -3.32. The maximum absolute atomic E-state index is 11.3. The van der Waals surface area contributed by atoms with E-state index >= 15 is 0 Å². The standard InChI is InChI=1S/C8H10N4O2S/c1-15(13,14)12-3-2-7-8(12)10-5-6(4-9)11-7/h2-3,5H,4,9H2,1H3. The van der Waals surface area contributed by atoms with Crippen LogP contribution in [0.15, 0.2) is 18.5 Å². The predicted molar refractivity (Wildman–Crippen MR) is 55.7 cm³/mol. The maximum Gasteiger partial charge on any atom is 0.237 e. The topological polar surface area (TPSA) is 90.9 Å². The predicted octanol–water partition coefficient (Wildman–Crippen LogP) is -0.302. The van der Waals surface area contributed by atoms with Gasteiger partial charge in [-0.15, -0.1) is 0 Å². The summed E-state index contributed by atoms with van der Waals surface area (Å²) >= 11 is 0. The lowest BCUT2D eigenvalue weighted by Gasteiger charge is -2.00. The molecule has 0 atom stereocenters. The third kappa shape index (κ3) is 1.71. The van der Waals surface area contributed by atoms with Crippen LogP contribution in [0.1, 0.15) is 5.69 Å². The Hall–Kier alpha value is -1.47. The molecule has 2 heterocycles. The van der Waals surface area contributed by atoms with Crippen molar-refractivity contribution >= 4 is 21.2 Å². The Balaban J connectivity index is 2.73. The van der Waals surface area contributed by atoms with Crippen molar-refractivity contribution in [2.45, 2.75) is 6.54 Å². The summed E-state index contributed by atoms with van der Waals surface area (Å²) in [4.78, 5) is 8.17. The average Bonchev–Trinajstić information content (AvgIpc) is 2.59. The van der Waals surface area contributed by atoms with E-state index < -0.39 is 10.0 Å². The molecule has 0 fully saturated rings. The van der Waals surface area contributed by atoms with E-state index in [9.17, 15) is 8.42 Å². The monoisotopic (exact) mass is 226 g/mol. The maximum atomic E-state index is 11.3. The van der Waals surface area contributed by atoms with E-state index in [1.54, 1.807) is 6.07 Å². The van der Waals surface area contributed by atoms with E-state index in [0.29, 0.717) is 16.9 Å². The fourth-order valence-electron chi connectivity index (χ4n) is 1.29. The second-order valence-corrected chi connectivity index (χ2v) is 5.01. The van der Waals surface area contributed by atoms with Crippen molar-refractivity contribution in [2.24, 2.45) is 5.73 Å². The molecule has 2 rings (SSSR count). The largest absolute Gasteiger partial charge is 0.325 e. The van der Waals surface area contributed by atoms with Crippen LogP contribution in [0.25, 0.3) is 11.2 Å². The number of hydrogen-bond donors (Lipinski definition) is 1. The molecule has 0 amide bonds. The van der Waals surface area contributed by atoms with Crippen LogP contribution in [-0.4, -0.2) is 28.6 Å². The van der Waals surface area contributed by atoms with Crippen molar-refractivity contribution in [3.05, 3.63) is 24.2 Å². The molecule has 0 saturated carbocycles. The van der Waals surface area contributed by atoms with Crippen LogP contribution < -0.4 is 5.73 Å². The molecule has 0 saturated heterocycles. The quantitative estimate of drug-likeness (QED) is 0.759. The summed E-state index contributed by atoms with van der Waals surface area (Å²) in [5.41, 5.74) is 6.90. The number of nitrogens with two attached hydrogens (primary N) is 1. The summed E-state index contributed by atoms with van der Waals surface area (Å²) in [6.07, 6.45) is 4.02. The Morgan fingerprint density at radius 1 is 1.53 bits per heavy atom. The molecule has 80 valence electrons. The summed E-state index contributed by atoms with van der Waals surface area (Å²) in [6.45, 7) is 0.285. The van der Waals surface area contributed by atoms with Crippen LogP contribution >= 0.6 is 0 Å². The van der Waals surface area contributed by atoms with Gasteiger partial charge in [-0.25, -0.2) is 22.4 Å². The van der Waals surface area contributed by atoms with Crippen LogP contribution in [0.5, 0.6) is 0 Å². The summed E-state index contributed by atoms with van der Waals surface area (Å²) in [5.74, 6) is 0. The Morgan fingerprint density at radius 2 is 2.27 bits per heavy atom. The number of fused-ring (bicyclic) bond motifs is 1. The van der Waals surface area contributed by atoms with Crippen molar-refractivity contribution in [1.29, 1.82) is 0 Å². The van der Waals surface area contributed by atoms with Gasteiger partial charge < -0.3 is 5.73 Å². The third-order valence-electron chi connectivity index (χ3n) is 1.97. The van der Waals surface area contributed by atoms with E-state index in [1.165, 1.54) is 12.4 Å². The molecule has 7 heteroatoms. The molecule has 0 radical (unpaired) electrons. The van der Waals surface area contributed by atoms with Gasteiger partial charge in [0.15, 0.2) is 5.65 Å². The molecule has 0 aliphatic heterocycles. The first-order valence-corrected chi connectivity index (χ1v) is 6.11. The SMILES string of the molecule is CS(=O)(=O)n1ccc2nc(CN)cnc21. The van der Waals surface area contributed by atoms with E-state index in [0.717, 1.165) is 10.2 Å². The summed E-state index contributed by atoms with van der Waals surface area (Å²) in [5, 5.41) is 0. The first kappa shape index (κ1) is 10.1. The molecule has 0 spiro atoms. The molecule has 6 nitrogen and oxygen atoms in total. The van der Waals surface area contributed by atoms with Gasteiger partial charge in [0.1, 0.15) is 5.52 Å². The molecule has 0 aromatic carbocycles. The molecule has 0 bridgehead atoms. The van der Waals surface area contributed by atoms with Crippen molar-refractivity contribution < 1.29 is 8.42 Å².